The second kappa shape index (κ2) is 5.30. The number of carbonyl (C=O) groups excluding carboxylic acids is 1. The molecule has 2 nitrogen and oxygen atoms in total. The molecule has 0 spiro atoms. The number of methoxy groups -OCH3 is 1. The molecule has 0 aromatic carbocycles. The fourth-order valence-electron chi connectivity index (χ4n) is 0.628. The highest BCUT2D eigenvalue weighted by atomic mass is 19.1. The van der Waals surface area contributed by atoms with Gasteiger partial charge in [0.05, 0.1) is 7.11 Å². The number of hydrogen-bond acceptors (Lipinski definition) is 2. The maximum absolute atomic E-state index is 12.9. The first-order valence-electron chi connectivity index (χ1n) is 3.80. The zero-order chi connectivity index (χ0) is 10.4. The second-order valence-corrected chi connectivity index (χ2v) is 2.43. The van der Waals surface area contributed by atoms with Crippen LogP contribution in [-0.4, -0.2) is 12.9 Å². The molecule has 0 aromatic rings. The van der Waals surface area contributed by atoms with Gasteiger partial charge in [0, 0.05) is 5.57 Å². The molecule has 0 radical (unpaired) electrons. The first kappa shape index (κ1) is 11.6. The molecule has 0 aromatic heterocycles. The molecule has 0 saturated heterocycles. The summed E-state index contributed by atoms with van der Waals surface area (Å²) < 4.78 is 17.7. The number of hydrogen-bond donors (Lipinski definition) is 0. The molecule has 0 aliphatic rings. The maximum Gasteiger partial charge on any atom is 0.160 e. The van der Waals surface area contributed by atoms with Gasteiger partial charge in [-0.25, -0.2) is 4.39 Å². The molecule has 0 fully saturated rings. The van der Waals surface area contributed by atoms with Gasteiger partial charge in [-0.3, -0.25) is 4.79 Å². The summed E-state index contributed by atoms with van der Waals surface area (Å²) in [4.78, 5) is 10.8. The van der Waals surface area contributed by atoms with E-state index in [9.17, 15) is 9.18 Å². The largest absolute Gasteiger partial charge is 0.494 e. The summed E-state index contributed by atoms with van der Waals surface area (Å²) in [5.41, 5.74) is 0.217. The minimum absolute atomic E-state index is 0.0164. The van der Waals surface area contributed by atoms with Crippen LogP contribution < -0.4 is 0 Å². The van der Waals surface area contributed by atoms with Crippen LogP contribution in [0, 0.1) is 0 Å². The quantitative estimate of drug-likeness (QED) is 0.381. The molecule has 0 bridgehead atoms. The number of rotatable bonds is 4. The first-order valence-corrected chi connectivity index (χ1v) is 3.80. The molecule has 0 amide bonds. The monoisotopic (exact) mass is 184 g/mol. The summed E-state index contributed by atoms with van der Waals surface area (Å²) >= 11 is 0. The topological polar surface area (TPSA) is 26.3 Å². The van der Waals surface area contributed by atoms with E-state index in [0.29, 0.717) is 0 Å². The lowest BCUT2D eigenvalue weighted by Gasteiger charge is -2.02. The molecule has 0 saturated carbocycles. The summed E-state index contributed by atoms with van der Waals surface area (Å²) in [6.07, 6.45) is 2.53. The Morgan fingerprint density at radius 2 is 2.08 bits per heavy atom. The van der Waals surface area contributed by atoms with Crippen LogP contribution in [0.25, 0.3) is 0 Å². The van der Waals surface area contributed by atoms with Crippen molar-refractivity contribution in [1.82, 2.24) is 0 Å². The third-order valence-electron chi connectivity index (χ3n) is 1.47. The Morgan fingerprint density at radius 1 is 1.54 bits per heavy atom. The Kier molecular flexibility index (Phi) is 4.74. The van der Waals surface area contributed by atoms with Crippen molar-refractivity contribution in [3.05, 3.63) is 35.9 Å². The van der Waals surface area contributed by atoms with Crippen molar-refractivity contribution in [1.29, 1.82) is 0 Å². The Hall–Kier alpha value is -1.38. The number of carbonyl (C=O) groups is 1. The standard InChI is InChI=1S/C10H13FO2/c1-5-9(11)10(13-4)6-7(2)8(3)12/h5-6H,2H2,1,3-4H3/b9-5+,10-6+. The lowest BCUT2D eigenvalue weighted by Crippen LogP contribution is -1.95. The number of ketones is 1. The van der Waals surface area contributed by atoms with E-state index < -0.39 is 5.83 Å². The van der Waals surface area contributed by atoms with Crippen LogP contribution in [0.15, 0.2) is 35.9 Å². The smallest absolute Gasteiger partial charge is 0.160 e. The minimum Gasteiger partial charge on any atom is -0.494 e. The number of allylic oxidation sites excluding steroid dienone is 4. The molecule has 0 heterocycles. The average molecular weight is 184 g/mol. The summed E-state index contributed by atoms with van der Waals surface area (Å²) in [6, 6.07) is 0. The van der Waals surface area contributed by atoms with Gasteiger partial charge in [0.2, 0.25) is 0 Å². The van der Waals surface area contributed by atoms with Crippen LogP contribution in [0.5, 0.6) is 0 Å². The molecular weight excluding hydrogens is 171 g/mol. The van der Waals surface area contributed by atoms with Crippen molar-refractivity contribution in [2.75, 3.05) is 7.11 Å². The van der Waals surface area contributed by atoms with Crippen molar-refractivity contribution in [3.8, 4) is 0 Å². The van der Waals surface area contributed by atoms with Crippen molar-refractivity contribution in [2.24, 2.45) is 0 Å². The highest BCUT2D eigenvalue weighted by molar-refractivity contribution is 5.95. The van der Waals surface area contributed by atoms with E-state index in [1.807, 2.05) is 0 Å². The van der Waals surface area contributed by atoms with Crippen molar-refractivity contribution < 1.29 is 13.9 Å². The van der Waals surface area contributed by atoms with E-state index in [0.717, 1.165) is 0 Å². The SMILES string of the molecule is C=C(/C=C(OC)\C(F)=C/C)C(C)=O. The molecule has 13 heavy (non-hydrogen) atoms. The number of ether oxygens (including phenoxy) is 1. The minimum atomic E-state index is -0.509. The number of Topliss-reactive ketones (excluding diaryl/α,β-unsaturated/α-hetero) is 1. The molecule has 0 N–H and O–H groups in total. The summed E-state index contributed by atoms with van der Waals surface area (Å²) in [5.74, 6) is -0.703. The van der Waals surface area contributed by atoms with E-state index in [-0.39, 0.29) is 17.1 Å². The molecule has 72 valence electrons. The molecular formula is C10H13FO2. The van der Waals surface area contributed by atoms with Crippen LogP contribution in [0.4, 0.5) is 4.39 Å². The third kappa shape index (κ3) is 3.69. The van der Waals surface area contributed by atoms with Crippen molar-refractivity contribution in [3.63, 3.8) is 0 Å². The zero-order valence-electron chi connectivity index (χ0n) is 8.06. The normalized spacial score (nSPS) is 12.6. The Balaban J connectivity index is 4.77. The Bertz CT molecular complexity index is 275. The van der Waals surface area contributed by atoms with Gasteiger partial charge in [-0.05, 0) is 26.0 Å². The van der Waals surface area contributed by atoms with Crippen LogP contribution >= 0.6 is 0 Å². The van der Waals surface area contributed by atoms with E-state index in [4.69, 9.17) is 4.74 Å². The highest BCUT2D eigenvalue weighted by Crippen LogP contribution is 2.14. The molecule has 0 aliphatic carbocycles. The van der Waals surface area contributed by atoms with Crippen molar-refractivity contribution in [2.45, 2.75) is 13.8 Å². The van der Waals surface area contributed by atoms with Gasteiger partial charge in [0.1, 0.15) is 0 Å². The zero-order valence-corrected chi connectivity index (χ0v) is 8.06. The Labute approximate surface area is 77.4 Å². The summed E-state index contributed by atoms with van der Waals surface area (Å²) in [6.45, 7) is 6.36. The highest BCUT2D eigenvalue weighted by Gasteiger charge is 2.05. The van der Waals surface area contributed by atoms with E-state index in [2.05, 4.69) is 6.58 Å². The van der Waals surface area contributed by atoms with E-state index in [1.165, 1.54) is 26.2 Å². The molecule has 0 unspecified atom stereocenters. The van der Waals surface area contributed by atoms with Crippen molar-refractivity contribution >= 4 is 5.78 Å². The van der Waals surface area contributed by atoms with Gasteiger partial charge in [-0.15, -0.1) is 0 Å². The fraction of sp³-hybridized carbons (Fsp3) is 0.300. The molecule has 0 aliphatic heterocycles. The van der Waals surface area contributed by atoms with Crippen LogP contribution in [-0.2, 0) is 9.53 Å². The van der Waals surface area contributed by atoms with Gasteiger partial charge in [-0.2, -0.15) is 0 Å². The van der Waals surface area contributed by atoms with Crippen LogP contribution in [0.3, 0.4) is 0 Å². The lowest BCUT2D eigenvalue weighted by atomic mass is 10.2. The molecule has 0 atom stereocenters. The van der Waals surface area contributed by atoms with Gasteiger partial charge in [0.25, 0.3) is 0 Å². The second-order valence-electron chi connectivity index (χ2n) is 2.43. The third-order valence-corrected chi connectivity index (χ3v) is 1.47. The average Bonchev–Trinajstić information content (AvgIpc) is 2.12. The molecule has 3 heteroatoms. The van der Waals surface area contributed by atoms with E-state index in [1.54, 1.807) is 6.92 Å². The van der Waals surface area contributed by atoms with E-state index >= 15 is 0 Å². The lowest BCUT2D eigenvalue weighted by molar-refractivity contribution is -0.113. The van der Waals surface area contributed by atoms with Gasteiger partial charge < -0.3 is 4.74 Å². The van der Waals surface area contributed by atoms with Crippen LogP contribution in [0.2, 0.25) is 0 Å². The summed E-state index contributed by atoms with van der Waals surface area (Å²) in [7, 11) is 1.34. The fourth-order valence-corrected chi connectivity index (χ4v) is 0.628. The predicted molar refractivity (Wildman–Crippen MR) is 49.8 cm³/mol. The van der Waals surface area contributed by atoms with Crippen LogP contribution in [0.1, 0.15) is 13.8 Å². The maximum atomic E-state index is 12.9. The van der Waals surface area contributed by atoms with Gasteiger partial charge in [-0.1, -0.05) is 6.58 Å². The predicted octanol–water partition coefficient (Wildman–Crippen LogP) is 2.54. The van der Waals surface area contributed by atoms with Gasteiger partial charge >= 0.3 is 0 Å². The molecule has 0 rings (SSSR count). The number of halogens is 1. The Morgan fingerprint density at radius 3 is 2.38 bits per heavy atom. The van der Waals surface area contributed by atoms with Gasteiger partial charge in [0.15, 0.2) is 17.4 Å². The summed E-state index contributed by atoms with van der Waals surface area (Å²) in [5, 5.41) is 0. The first-order chi connectivity index (χ1) is 6.02.